The van der Waals surface area contributed by atoms with E-state index in [4.69, 9.17) is 0 Å². The highest BCUT2D eigenvalue weighted by molar-refractivity contribution is 6.09. The van der Waals surface area contributed by atoms with Crippen LogP contribution in [-0.2, 0) is 17.4 Å². The van der Waals surface area contributed by atoms with Gasteiger partial charge in [-0.2, -0.15) is 0 Å². The molecule has 2 aromatic carbocycles. The molecule has 120 valence electrons. The lowest BCUT2D eigenvalue weighted by atomic mass is 9.90. The van der Waals surface area contributed by atoms with E-state index in [2.05, 4.69) is 10.3 Å². The first-order valence-corrected chi connectivity index (χ1v) is 7.59. The number of para-hydroxylation sites is 3. The number of nitrogens with zero attached hydrogens (tertiary/aromatic N) is 2. The molecule has 1 unspecified atom stereocenters. The summed E-state index contributed by atoms with van der Waals surface area (Å²) in [6.45, 7) is 0. The van der Waals surface area contributed by atoms with Crippen LogP contribution in [-0.4, -0.2) is 26.3 Å². The molecule has 0 fully saturated rings. The Morgan fingerprint density at radius 2 is 1.92 bits per heavy atom. The number of imidazole rings is 1. The minimum absolute atomic E-state index is 0.224. The maximum Gasteiger partial charge on any atom is 0.261 e. The molecule has 0 saturated carbocycles. The fraction of sp³-hybridized carbons (Fsp3) is 0.167. The second kappa shape index (κ2) is 5.01. The third-order valence-electron chi connectivity index (χ3n) is 4.45. The summed E-state index contributed by atoms with van der Waals surface area (Å²) in [6.07, 6.45) is -0.354. The second-order valence-electron chi connectivity index (χ2n) is 5.94. The van der Waals surface area contributed by atoms with Gasteiger partial charge in [-0.15, -0.1) is 0 Å². The predicted molar refractivity (Wildman–Crippen MR) is 88.6 cm³/mol. The van der Waals surface area contributed by atoms with Crippen LogP contribution in [0.3, 0.4) is 0 Å². The van der Waals surface area contributed by atoms with Gasteiger partial charge in [0.2, 0.25) is 5.78 Å². The molecule has 2 heterocycles. The molecule has 2 N–H and O–H groups in total. The van der Waals surface area contributed by atoms with Crippen LogP contribution in [0.25, 0.3) is 11.0 Å². The Morgan fingerprint density at radius 3 is 2.71 bits per heavy atom. The zero-order chi connectivity index (χ0) is 16.9. The summed E-state index contributed by atoms with van der Waals surface area (Å²) in [5, 5.41) is 13.5. The van der Waals surface area contributed by atoms with Crippen molar-refractivity contribution in [3.05, 3.63) is 59.9 Å². The van der Waals surface area contributed by atoms with E-state index in [-0.39, 0.29) is 18.0 Å². The summed E-state index contributed by atoms with van der Waals surface area (Å²) < 4.78 is 1.68. The standard InChI is InChI=1S/C18H15N3O3/c1-21-14-9-5-4-8-13(14)19-16(21)15(22)10-18(24)11-6-2-3-7-12(11)20-17(18)23/h2-9,24H,10H2,1H3,(H,20,23). The molecule has 0 radical (unpaired) electrons. The minimum atomic E-state index is -1.87. The highest BCUT2D eigenvalue weighted by Crippen LogP contribution is 2.38. The third-order valence-corrected chi connectivity index (χ3v) is 4.45. The van der Waals surface area contributed by atoms with Crippen molar-refractivity contribution in [2.45, 2.75) is 12.0 Å². The van der Waals surface area contributed by atoms with Crippen LogP contribution in [0.1, 0.15) is 22.6 Å². The molecule has 0 bridgehead atoms. The van der Waals surface area contributed by atoms with E-state index < -0.39 is 11.5 Å². The molecule has 1 amide bonds. The zero-order valence-corrected chi connectivity index (χ0v) is 13.0. The summed E-state index contributed by atoms with van der Waals surface area (Å²) in [4.78, 5) is 29.3. The molecule has 1 aliphatic rings. The lowest BCUT2D eigenvalue weighted by molar-refractivity contribution is -0.133. The van der Waals surface area contributed by atoms with E-state index in [9.17, 15) is 14.7 Å². The number of amides is 1. The van der Waals surface area contributed by atoms with E-state index in [1.165, 1.54) is 0 Å². The number of nitrogens with one attached hydrogen (secondary N) is 1. The van der Waals surface area contributed by atoms with Gasteiger partial charge in [0.05, 0.1) is 17.5 Å². The number of aromatic nitrogens is 2. The van der Waals surface area contributed by atoms with Crippen molar-refractivity contribution in [3.8, 4) is 0 Å². The number of hydrogen-bond acceptors (Lipinski definition) is 4. The Balaban J connectivity index is 1.73. The van der Waals surface area contributed by atoms with E-state index in [1.807, 2.05) is 24.3 Å². The summed E-state index contributed by atoms with van der Waals surface area (Å²) in [6, 6.07) is 14.2. The number of rotatable bonds is 3. The van der Waals surface area contributed by atoms with E-state index in [0.29, 0.717) is 16.8 Å². The number of carbonyl (C=O) groups excluding carboxylic acids is 2. The van der Waals surface area contributed by atoms with Crippen molar-refractivity contribution in [1.29, 1.82) is 0 Å². The van der Waals surface area contributed by atoms with Crippen LogP contribution < -0.4 is 5.32 Å². The molecule has 0 saturated heterocycles. The molecule has 1 aliphatic heterocycles. The smallest absolute Gasteiger partial charge is 0.261 e. The third kappa shape index (κ3) is 1.97. The molecular formula is C18H15N3O3. The molecule has 24 heavy (non-hydrogen) atoms. The number of aliphatic hydroxyl groups is 1. The van der Waals surface area contributed by atoms with E-state index in [1.54, 1.807) is 35.9 Å². The Hall–Kier alpha value is -2.99. The monoisotopic (exact) mass is 321 g/mol. The van der Waals surface area contributed by atoms with Crippen molar-refractivity contribution in [2.75, 3.05) is 5.32 Å². The van der Waals surface area contributed by atoms with Gasteiger partial charge in [-0.3, -0.25) is 9.59 Å². The second-order valence-corrected chi connectivity index (χ2v) is 5.94. The molecule has 3 aromatic rings. The van der Waals surface area contributed by atoms with Gasteiger partial charge in [-0.1, -0.05) is 30.3 Å². The maximum absolute atomic E-state index is 12.7. The average Bonchev–Trinajstić information content (AvgIpc) is 3.04. The topological polar surface area (TPSA) is 84.2 Å². The lowest BCUT2D eigenvalue weighted by Gasteiger charge is -2.19. The van der Waals surface area contributed by atoms with Crippen LogP contribution in [0.5, 0.6) is 0 Å². The van der Waals surface area contributed by atoms with Crippen molar-refractivity contribution < 1.29 is 14.7 Å². The summed E-state index contributed by atoms with van der Waals surface area (Å²) >= 11 is 0. The molecule has 1 aromatic heterocycles. The van der Waals surface area contributed by atoms with Crippen molar-refractivity contribution in [3.63, 3.8) is 0 Å². The van der Waals surface area contributed by atoms with Gasteiger partial charge >= 0.3 is 0 Å². The van der Waals surface area contributed by atoms with Gasteiger partial charge in [0.25, 0.3) is 5.91 Å². The molecular weight excluding hydrogens is 306 g/mol. The highest BCUT2D eigenvalue weighted by Gasteiger charge is 2.47. The number of carbonyl (C=O) groups is 2. The van der Waals surface area contributed by atoms with Gasteiger partial charge in [0.15, 0.2) is 11.4 Å². The van der Waals surface area contributed by atoms with Crippen LogP contribution in [0, 0.1) is 0 Å². The number of aryl methyl sites for hydroxylation is 1. The van der Waals surface area contributed by atoms with Gasteiger partial charge in [-0.25, -0.2) is 4.98 Å². The van der Waals surface area contributed by atoms with Gasteiger partial charge < -0.3 is 15.0 Å². The van der Waals surface area contributed by atoms with Crippen LogP contribution in [0.15, 0.2) is 48.5 Å². The average molecular weight is 321 g/mol. The molecule has 6 nitrogen and oxygen atoms in total. The first kappa shape index (κ1) is 14.6. The van der Waals surface area contributed by atoms with Crippen molar-refractivity contribution in [2.24, 2.45) is 7.05 Å². The Morgan fingerprint density at radius 1 is 1.21 bits per heavy atom. The number of fused-ring (bicyclic) bond motifs is 2. The minimum Gasteiger partial charge on any atom is -0.375 e. The van der Waals surface area contributed by atoms with Gasteiger partial charge in [0.1, 0.15) is 0 Å². The SMILES string of the molecule is Cn1c(C(=O)CC2(O)C(=O)Nc3ccccc32)nc2ccccc21. The fourth-order valence-corrected chi connectivity index (χ4v) is 3.18. The predicted octanol–water partition coefficient (Wildman–Crippen LogP) is 1.99. The highest BCUT2D eigenvalue weighted by atomic mass is 16.3. The van der Waals surface area contributed by atoms with Gasteiger partial charge in [-0.05, 0) is 18.2 Å². The number of Topliss-reactive ketones (excluding diaryl/α,β-unsaturated/α-hetero) is 1. The quantitative estimate of drug-likeness (QED) is 0.723. The first-order chi connectivity index (χ1) is 11.5. The molecule has 4 rings (SSSR count). The lowest BCUT2D eigenvalue weighted by Crippen LogP contribution is -2.37. The summed E-state index contributed by atoms with van der Waals surface area (Å²) in [5.74, 6) is -0.749. The molecule has 0 aliphatic carbocycles. The number of hydrogen-bond donors (Lipinski definition) is 2. The Bertz CT molecular complexity index is 992. The fourth-order valence-electron chi connectivity index (χ4n) is 3.18. The number of benzene rings is 2. The first-order valence-electron chi connectivity index (χ1n) is 7.59. The van der Waals surface area contributed by atoms with E-state index >= 15 is 0 Å². The molecule has 1 atom stereocenters. The normalized spacial score (nSPS) is 19.3. The Kier molecular flexibility index (Phi) is 3.04. The Labute approximate surface area is 137 Å². The summed E-state index contributed by atoms with van der Waals surface area (Å²) in [5.41, 5.74) is 0.604. The summed E-state index contributed by atoms with van der Waals surface area (Å²) in [7, 11) is 1.75. The maximum atomic E-state index is 12.7. The van der Waals surface area contributed by atoms with Crippen molar-refractivity contribution in [1.82, 2.24) is 9.55 Å². The largest absolute Gasteiger partial charge is 0.375 e. The van der Waals surface area contributed by atoms with E-state index in [0.717, 1.165) is 5.52 Å². The van der Waals surface area contributed by atoms with Gasteiger partial charge in [0, 0.05) is 18.3 Å². The van der Waals surface area contributed by atoms with Crippen molar-refractivity contribution >= 4 is 28.4 Å². The zero-order valence-electron chi connectivity index (χ0n) is 13.0. The number of anilines is 1. The molecule has 0 spiro atoms. The van der Waals surface area contributed by atoms with Crippen LogP contribution >= 0.6 is 0 Å². The number of ketones is 1. The molecule has 6 heteroatoms. The van der Waals surface area contributed by atoms with Crippen LogP contribution in [0.4, 0.5) is 5.69 Å². The van der Waals surface area contributed by atoms with Crippen LogP contribution in [0.2, 0.25) is 0 Å².